The fourth-order valence-electron chi connectivity index (χ4n) is 2.54. The molecule has 1 aromatic rings. The first kappa shape index (κ1) is 13.9. The zero-order chi connectivity index (χ0) is 14.2. The molecule has 1 aliphatic rings. The lowest BCUT2D eigenvalue weighted by molar-refractivity contribution is 0.0775. The minimum atomic E-state index is -1.23. The van der Waals surface area contributed by atoms with Gasteiger partial charge < -0.3 is 9.80 Å². The summed E-state index contributed by atoms with van der Waals surface area (Å²) >= 11 is 0. The molecular formula is C13H17F2N3O. The summed E-state index contributed by atoms with van der Waals surface area (Å²) in [6.07, 6.45) is 1.11. The number of likely N-dealkylation sites (tertiary alicyclic amines) is 1. The molecule has 19 heavy (non-hydrogen) atoms. The van der Waals surface area contributed by atoms with Gasteiger partial charge in [-0.05, 0) is 26.1 Å². The first-order valence-electron chi connectivity index (χ1n) is 6.17. The predicted molar refractivity (Wildman–Crippen MR) is 66.7 cm³/mol. The van der Waals surface area contributed by atoms with Gasteiger partial charge in [-0.15, -0.1) is 0 Å². The van der Waals surface area contributed by atoms with Crippen LogP contribution in [0.25, 0.3) is 0 Å². The van der Waals surface area contributed by atoms with Crippen LogP contribution < -0.4 is 0 Å². The highest BCUT2D eigenvalue weighted by molar-refractivity contribution is 5.94. The summed E-state index contributed by atoms with van der Waals surface area (Å²) < 4.78 is 26.6. The van der Waals surface area contributed by atoms with Crippen LogP contribution in [0.2, 0.25) is 0 Å². The number of hydrogen-bond acceptors (Lipinski definition) is 3. The summed E-state index contributed by atoms with van der Waals surface area (Å²) in [5, 5.41) is 0. The number of carbonyl (C=O) groups excluding carboxylic acids is 1. The highest BCUT2D eigenvalue weighted by Crippen LogP contribution is 2.22. The van der Waals surface area contributed by atoms with Gasteiger partial charge in [-0.2, -0.15) is 4.39 Å². The van der Waals surface area contributed by atoms with Crippen molar-refractivity contribution >= 4 is 5.91 Å². The van der Waals surface area contributed by atoms with Gasteiger partial charge in [-0.25, -0.2) is 9.37 Å². The number of pyridine rings is 1. The Labute approximate surface area is 111 Å². The Hall–Kier alpha value is -1.56. The Morgan fingerprint density at radius 2 is 2.11 bits per heavy atom. The highest BCUT2D eigenvalue weighted by Gasteiger charge is 2.35. The zero-order valence-electron chi connectivity index (χ0n) is 11.2. The largest absolute Gasteiger partial charge is 0.337 e. The maximum Gasteiger partial charge on any atom is 0.257 e. The average Bonchev–Trinajstić information content (AvgIpc) is 2.74. The SMILES string of the molecule is CC1CN(C(=O)c2ccnc(F)c2F)CC1N(C)C. The first-order chi connectivity index (χ1) is 8.91. The molecule has 2 unspecified atom stereocenters. The first-order valence-corrected chi connectivity index (χ1v) is 6.17. The molecule has 1 aliphatic heterocycles. The lowest BCUT2D eigenvalue weighted by atomic mass is 10.1. The van der Waals surface area contributed by atoms with Crippen molar-refractivity contribution in [1.82, 2.24) is 14.8 Å². The van der Waals surface area contributed by atoms with Crippen LogP contribution in [0, 0.1) is 17.7 Å². The topological polar surface area (TPSA) is 36.4 Å². The molecule has 2 atom stereocenters. The summed E-state index contributed by atoms with van der Waals surface area (Å²) in [4.78, 5) is 19.0. The molecule has 104 valence electrons. The predicted octanol–water partition coefficient (Wildman–Crippen LogP) is 1.38. The Bertz CT molecular complexity index is 493. The molecule has 6 heteroatoms. The number of aromatic nitrogens is 1. The number of hydrogen-bond donors (Lipinski definition) is 0. The second-order valence-corrected chi connectivity index (χ2v) is 5.18. The molecule has 0 saturated carbocycles. The van der Waals surface area contributed by atoms with Crippen molar-refractivity contribution in [1.29, 1.82) is 0 Å². The Kier molecular flexibility index (Phi) is 3.80. The van der Waals surface area contributed by atoms with E-state index in [1.165, 1.54) is 6.07 Å². The minimum absolute atomic E-state index is 0.235. The van der Waals surface area contributed by atoms with Gasteiger partial charge in [0.05, 0.1) is 5.56 Å². The van der Waals surface area contributed by atoms with Gasteiger partial charge in [0.25, 0.3) is 5.91 Å². The van der Waals surface area contributed by atoms with Crippen molar-refractivity contribution in [2.24, 2.45) is 5.92 Å². The monoisotopic (exact) mass is 269 g/mol. The maximum absolute atomic E-state index is 13.6. The third-order valence-electron chi connectivity index (χ3n) is 3.60. The molecule has 4 nitrogen and oxygen atoms in total. The quantitative estimate of drug-likeness (QED) is 0.761. The molecule has 0 aliphatic carbocycles. The van der Waals surface area contributed by atoms with Crippen LogP contribution in [0.1, 0.15) is 17.3 Å². The molecule has 0 N–H and O–H groups in total. The van der Waals surface area contributed by atoms with E-state index in [1.807, 2.05) is 25.9 Å². The van der Waals surface area contributed by atoms with Crippen molar-refractivity contribution < 1.29 is 13.6 Å². The molecule has 0 radical (unpaired) electrons. The van der Waals surface area contributed by atoms with Crippen LogP contribution in [0.5, 0.6) is 0 Å². The van der Waals surface area contributed by atoms with E-state index in [2.05, 4.69) is 4.98 Å². The molecule has 2 heterocycles. The summed E-state index contributed by atoms with van der Waals surface area (Å²) in [6, 6.07) is 1.45. The average molecular weight is 269 g/mol. The van der Waals surface area contributed by atoms with Crippen LogP contribution in [0.4, 0.5) is 8.78 Å². The number of nitrogens with zero attached hydrogens (tertiary/aromatic N) is 3. The van der Waals surface area contributed by atoms with Gasteiger partial charge in [0.1, 0.15) is 0 Å². The second-order valence-electron chi connectivity index (χ2n) is 5.18. The second kappa shape index (κ2) is 5.21. The lowest BCUT2D eigenvalue weighted by Crippen LogP contribution is -2.36. The van der Waals surface area contributed by atoms with Crippen LogP contribution >= 0.6 is 0 Å². The van der Waals surface area contributed by atoms with Gasteiger partial charge in [-0.3, -0.25) is 4.79 Å². The summed E-state index contributed by atoms with van der Waals surface area (Å²) in [7, 11) is 3.89. The van der Waals surface area contributed by atoms with E-state index in [1.54, 1.807) is 4.90 Å². The summed E-state index contributed by atoms with van der Waals surface area (Å²) in [5.41, 5.74) is -0.251. The van der Waals surface area contributed by atoms with E-state index < -0.39 is 17.7 Å². The molecule has 1 saturated heterocycles. The Morgan fingerprint density at radius 3 is 2.68 bits per heavy atom. The Balaban J connectivity index is 2.20. The highest BCUT2D eigenvalue weighted by atomic mass is 19.2. The Morgan fingerprint density at radius 1 is 1.42 bits per heavy atom. The fourth-order valence-corrected chi connectivity index (χ4v) is 2.54. The number of likely N-dealkylation sites (N-methyl/N-ethyl adjacent to an activating group) is 1. The molecule has 0 aromatic carbocycles. The molecule has 1 amide bonds. The van der Waals surface area contributed by atoms with E-state index in [-0.39, 0.29) is 11.6 Å². The van der Waals surface area contributed by atoms with Crippen LogP contribution in [0.15, 0.2) is 12.3 Å². The van der Waals surface area contributed by atoms with Gasteiger partial charge in [0.15, 0.2) is 5.82 Å². The van der Waals surface area contributed by atoms with E-state index in [0.717, 1.165) is 6.20 Å². The molecule has 1 aromatic heterocycles. The van der Waals surface area contributed by atoms with Gasteiger partial charge in [-0.1, -0.05) is 6.92 Å². The van der Waals surface area contributed by atoms with Gasteiger partial charge in [0, 0.05) is 25.3 Å². The number of rotatable bonds is 2. The van der Waals surface area contributed by atoms with Crippen LogP contribution in [-0.2, 0) is 0 Å². The molecule has 0 spiro atoms. The number of amides is 1. The van der Waals surface area contributed by atoms with Crippen LogP contribution in [0.3, 0.4) is 0 Å². The van der Waals surface area contributed by atoms with Crippen molar-refractivity contribution in [2.45, 2.75) is 13.0 Å². The molecule has 0 bridgehead atoms. The molecule has 1 fully saturated rings. The minimum Gasteiger partial charge on any atom is -0.337 e. The van der Waals surface area contributed by atoms with E-state index >= 15 is 0 Å². The van der Waals surface area contributed by atoms with Crippen molar-refractivity contribution in [3.8, 4) is 0 Å². The van der Waals surface area contributed by atoms with E-state index in [0.29, 0.717) is 19.0 Å². The van der Waals surface area contributed by atoms with Gasteiger partial charge >= 0.3 is 0 Å². The third-order valence-corrected chi connectivity index (χ3v) is 3.60. The molecule has 2 rings (SSSR count). The van der Waals surface area contributed by atoms with Gasteiger partial charge in [0.2, 0.25) is 5.95 Å². The zero-order valence-corrected chi connectivity index (χ0v) is 11.2. The van der Waals surface area contributed by atoms with Crippen LogP contribution in [-0.4, -0.2) is 53.9 Å². The number of halogens is 2. The standard InChI is InChI=1S/C13H17F2N3O/c1-8-6-18(7-10(8)17(2)3)13(19)9-4-5-16-12(15)11(9)14/h4-5,8,10H,6-7H2,1-3H3. The summed E-state index contributed by atoms with van der Waals surface area (Å²) in [6.45, 7) is 3.11. The third kappa shape index (κ3) is 2.58. The van der Waals surface area contributed by atoms with Crippen molar-refractivity contribution in [3.63, 3.8) is 0 Å². The number of carbonyl (C=O) groups is 1. The smallest absolute Gasteiger partial charge is 0.257 e. The lowest BCUT2D eigenvalue weighted by Gasteiger charge is -2.22. The normalized spacial score (nSPS) is 23.2. The van der Waals surface area contributed by atoms with Crippen molar-refractivity contribution in [2.75, 3.05) is 27.2 Å². The maximum atomic E-state index is 13.6. The summed E-state index contributed by atoms with van der Waals surface area (Å²) in [5.74, 6) is -2.58. The van der Waals surface area contributed by atoms with Crippen molar-refractivity contribution in [3.05, 3.63) is 29.6 Å². The van der Waals surface area contributed by atoms with E-state index in [4.69, 9.17) is 0 Å². The van der Waals surface area contributed by atoms with E-state index in [9.17, 15) is 13.6 Å². The fraction of sp³-hybridized carbons (Fsp3) is 0.538. The molecular weight excluding hydrogens is 252 g/mol.